The Kier molecular flexibility index (Phi) is 4.65. The monoisotopic (exact) mass is 378 g/mol. The van der Waals surface area contributed by atoms with Gasteiger partial charge in [-0.05, 0) is 48.4 Å². The maximum absolute atomic E-state index is 13.7. The summed E-state index contributed by atoms with van der Waals surface area (Å²) < 4.78 is 38.5. The van der Waals surface area contributed by atoms with Gasteiger partial charge in [0.15, 0.2) is 5.76 Å². The van der Waals surface area contributed by atoms with Crippen molar-refractivity contribution >= 4 is 11.9 Å². The highest BCUT2D eigenvalue weighted by Gasteiger charge is 2.30. The minimum atomic E-state index is -0.391. The van der Waals surface area contributed by atoms with Gasteiger partial charge in [-0.25, -0.2) is 8.78 Å². The van der Waals surface area contributed by atoms with Gasteiger partial charge in [0.25, 0.3) is 0 Å². The second kappa shape index (κ2) is 7.27. The smallest absolute Gasteiger partial charge is 0.232 e. The van der Waals surface area contributed by atoms with Crippen LogP contribution in [0.1, 0.15) is 27.0 Å². The molecular weight excluding hydrogens is 362 g/mol. The van der Waals surface area contributed by atoms with Crippen LogP contribution in [0.5, 0.6) is 11.5 Å². The normalized spacial score (nSPS) is 14.1. The predicted octanol–water partition coefficient (Wildman–Crippen LogP) is 5.47. The Labute approximate surface area is 160 Å². The summed E-state index contributed by atoms with van der Waals surface area (Å²) in [6.07, 6.45) is 1.50. The van der Waals surface area contributed by atoms with Crippen molar-refractivity contribution < 1.29 is 23.0 Å². The average molecular weight is 378 g/mol. The molecule has 1 aliphatic rings. The first kappa shape index (κ1) is 17.9. The van der Waals surface area contributed by atoms with E-state index in [9.17, 15) is 13.6 Å². The molecule has 28 heavy (non-hydrogen) atoms. The molecule has 3 aromatic carbocycles. The number of ether oxygens (including phenoxy) is 2. The third kappa shape index (κ3) is 3.51. The Morgan fingerprint density at radius 3 is 2.64 bits per heavy atom. The molecule has 0 aliphatic carbocycles. The number of carbonyl (C=O) groups excluding carboxylic acids is 1. The molecule has 0 amide bonds. The van der Waals surface area contributed by atoms with Gasteiger partial charge in [-0.1, -0.05) is 30.3 Å². The zero-order chi connectivity index (χ0) is 19.7. The van der Waals surface area contributed by atoms with E-state index < -0.39 is 5.82 Å². The Morgan fingerprint density at radius 1 is 1.04 bits per heavy atom. The molecule has 140 valence electrons. The standard InChI is InChI=1S/C23H16F2O3/c1-14-9-18(27-13-16-6-2-3-8-19(16)25)12-20-22(14)23(26)21(28-20)11-15-5-4-7-17(24)10-15/h2-12H,13H2,1H3/b21-11-. The molecule has 4 rings (SSSR count). The fourth-order valence-corrected chi connectivity index (χ4v) is 3.09. The van der Waals surface area contributed by atoms with Crippen molar-refractivity contribution in [3.8, 4) is 11.5 Å². The second-order valence-corrected chi connectivity index (χ2v) is 6.49. The lowest BCUT2D eigenvalue weighted by molar-refractivity contribution is 0.101. The Balaban J connectivity index is 1.58. The first-order valence-corrected chi connectivity index (χ1v) is 8.72. The molecule has 0 saturated heterocycles. The van der Waals surface area contributed by atoms with Gasteiger partial charge in [-0.3, -0.25) is 4.79 Å². The molecule has 1 heterocycles. The highest BCUT2D eigenvalue weighted by atomic mass is 19.1. The number of carbonyl (C=O) groups is 1. The van der Waals surface area contributed by atoms with Crippen LogP contribution in [0.2, 0.25) is 0 Å². The van der Waals surface area contributed by atoms with Crippen LogP contribution in [0.4, 0.5) is 8.78 Å². The van der Waals surface area contributed by atoms with Gasteiger partial charge in [0.2, 0.25) is 5.78 Å². The van der Waals surface area contributed by atoms with E-state index in [1.807, 2.05) is 0 Å². The van der Waals surface area contributed by atoms with Crippen LogP contribution < -0.4 is 9.47 Å². The van der Waals surface area contributed by atoms with E-state index in [0.717, 1.165) is 0 Å². The quantitative estimate of drug-likeness (QED) is 0.565. The SMILES string of the molecule is Cc1cc(OCc2ccccc2F)cc2c1C(=O)/C(=C/c1cccc(F)c1)O2. The average Bonchev–Trinajstić information content (AvgIpc) is 2.97. The van der Waals surface area contributed by atoms with Gasteiger partial charge in [0, 0.05) is 11.6 Å². The molecule has 5 heteroatoms. The number of allylic oxidation sites excluding steroid dienone is 1. The molecule has 0 fully saturated rings. The third-order valence-electron chi connectivity index (χ3n) is 4.44. The number of hydrogen-bond donors (Lipinski definition) is 0. The number of halogens is 2. The summed E-state index contributed by atoms with van der Waals surface area (Å²) in [6.45, 7) is 1.84. The van der Waals surface area contributed by atoms with Crippen LogP contribution in [0.25, 0.3) is 6.08 Å². The molecule has 0 spiro atoms. The molecule has 0 saturated carbocycles. The summed E-state index contributed by atoms with van der Waals surface area (Å²) in [5.74, 6) is -0.0349. The number of hydrogen-bond acceptors (Lipinski definition) is 3. The van der Waals surface area contributed by atoms with Crippen LogP contribution in [0, 0.1) is 18.6 Å². The number of aryl methyl sites for hydroxylation is 1. The van der Waals surface area contributed by atoms with Gasteiger partial charge in [0.05, 0.1) is 5.56 Å². The van der Waals surface area contributed by atoms with Crippen molar-refractivity contribution in [3.05, 3.63) is 100 Å². The summed E-state index contributed by atoms with van der Waals surface area (Å²) >= 11 is 0. The topological polar surface area (TPSA) is 35.5 Å². The van der Waals surface area contributed by atoms with E-state index in [2.05, 4.69) is 0 Å². The zero-order valence-electron chi connectivity index (χ0n) is 15.0. The molecule has 0 N–H and O–H groups in total. The molecular formula is C23H16F2O3. The molecule has 0 atom stereocenters. The van der Waals surface area contributed by atoms with E-state index >= 15 is 0 Å². The van der Waals surface area contributed by atoms with Crippen molar-refractivity contribution in [2.24, 2.45) is 0 Å². The van der Waals surface area contributed by atoms with E-state index in [1.54, 1.807) is 49.4 Å². The number of benzene rings is 3. The zero-order valence-corrected chi connectivity index (χ0v) is 15.0. The Bertz CT molecular complexity index is 1100. The molecule has 3 aromatic rings. The maximum atomic E-state index is 13.7. The fraction of sp³-hybridized carbons (Fsp3) is 0.0870. The minimum Gasteiger partial charge on any atom is -0.489 e. The van der Waals surface area contributed by atoms with E-state index in [0.29, 0.717) is 33.8 Å². The van der Waals surface area contributed by atoms with Crippen molar-refractivity contribution in [2.75, 3.05) is 0 Å². The molecule has 0 aromatic heterocycles. The maximum Gasteiger partial charge on any atom is 0.232 e. The summed E-state index contributed by atoms with van der Waals surface area (Å²) in [5, 5.41) is 0. The van der Waals surface area contributed by atoms with Crippen LogP contribution in [0.15, 0.2) is 66.4 Å². The lowest BCUT2D eigenvalue weighted by Crippen LogP contribution is -2.00. The minimum absolute atomic E-state index is 0.0604. The van der Waals surface area contributed by atoms with Crippen molar-refractivity contribution in [1.29, 1.82) is 0 Å². The largest absolute Gasteiger partial charge is 0.489 e. The molecule has 1 aliphatic heterocycles. The molecule has 0 bridgehead atoms. The van der Waals surface area contributed by atoms with E-state index in [4.69, 9.17) is 9.47 Å². The van der Waals surface area contributed by atoms with E-state index in [1.165, 1.54) is 24.3 Å². The molecule has 0 unspecified atom stereocenters. The summed E-state index contributed by atoms with van der Waals surface area (Å²) in [6, 6.07) is 15.6. The van der Waals surface area contributed by atoms with Crippen LogP contribution in [-0.4, -0.2) is 5.78 Å². The number of Topliss-reactive ketones (excluding diaryl/α,β-unsaturated/α-hetero) is 1. The van der Waals surface area contributed by atoms with Crippen LogP contribution in [0.3, 0.4) is 0 Å². The summed E-state index contributed by atoms with van der Waals surface area (Å²) in [5.41, 5.74) is 2.10. The highest BCUT2D eigenvalue weighted by Crippen LogP contribution is 2.37. The van der Waals surface area contributed by atoms with Crippen molar-refractivity contribution in [2.45, 2.75) is 13.5 Å². The first-order chi connectivity index (χ1) is 13.5. The van der Waals surface area contributed by atoms with Gasteiger partial charge in [0.1, 0.15) is 29.7 Å². The summed E-state index contributed by atoms with van der Waals surface area (Å²) in [4.78, 5) is 12.7. The third-order valence-corrected chi connectivity index (χ3v) is 4.44. The van der Waals surface area contributed by atoms with Gasteiger partial charge >= 0.3 is 0 Å². The van der Waals surface area contributed by atoms with Crippen LogP contribution in [-0.2, 0) is 6.61 Å². The number of rotatable bonds is 4. The summed E-state index contributed by atoms with van der Waals surface area (Å²) in [7, 11) is 0. The van der Waals surface area contributed by atoms with E-state index in [-0.39, 0.29) is 24.0 Å². The Hall–Kier alpha value is -3.47. The lowest BCUT2D eigenvalue weighted by atomic mass is 10.0. The Morgan fingerprint density at radius 2 is 1.86 bits per heavy atom. The second-order valence-electron chi connectivity index (χ2n) is 6.49. The predicted molar refractivity (Wildman–Crippen MR) is 101 cm³/mol. The molecule has 3 nitrogen and oxygen atoms in total. The van der Waals surface area contributed by atoms with Gasteiger partial charge in [-0.2, -0.15) is 0 Å². The lowest BCUT2D eigenvalue weighted by Gasteiger charge is -2.09. The molecule has 0 radical (unpaired) electrons. The highest BCUT2D eigenvalue weighted by molar-refractivity contribution is 6.15. The number of ketones is 1. The number of fused-ring (bicyclic) bond motifs is 1. The van der Waals surface area contributed by atoms with Gasteiger partial charge < -0.3 is 9.47 Å². The first-order valence-electron chi connectivity index (χ1n) is 8.72. The fourth-order valence-electron chi connectivity index (χ4n) is 3.09. The van der Waals surface area contributed by atoms with Gasteiger partial charge in [-0.15, -0.1) is 0 Å². The van der Waals surface area contributed by atoms with Crippen LogP contribution >= 0.6 is 0 Å². The van der Waals surface area contributed by atoms with Crippen molar-refractivity contribution in [3.63, 3.8) is 0 Å². The van der Waals surface area contributed by atoms with Crippen molar-refractivity contribution in [1.82, 2.24) is 0 Å².